The van der Waals surface area contributed by atoms with Gasteiger partial charge in [0, 0.05) is 22.1 Å². The zero-order valence-electron chi connectivity index (χ0n) is 16.7. The third kappa shape index (κ3) is 3.66. The maximum Gasteiger partial charge on any atom is 0.270 e. The number of anilines is 1. The molecule has 0 radical (unpaired) electrons. The molecule has 1 aliphatic heterocycles. The van der Waals surface area contributed by atoms with Crippen molar-refractivity contribution in [1.82, 2.24) is 9.88 Å². The normalized spacial score (nSPS) is 15.5. The maximum atomic E-state index is 13.3. The van der Waals surface area contributed by atoms with E-state index in [0.29, 0.717) is 11.4 Å². The van der Waals surface area contributed by atoms with Crippen LogP contribution in [0.25, 0.3) is 22.5 Å². The van der Waals surface area contributed by atoms with Crippen LogP contribution < -0.4 is 10.2 Å². The third-order valence-electron chi connectivity index (χ3n) is 5.25. The van der Waals surface area contributed by atoms with Gasteiger partial charge in [0.1, 0.15) is 5.57 Å². The van der Waals surface area contributed by atoms with E-state index >= 15 is 0 Å². The van der Waals surface area contributed by atoms with Crippen molar-refractivity contribution in [3.8, 4) is 5.69 Å². The van der Waals surface area contributed by atoms with Gasteiger partial charge in [-0.15, -0.1) is 0 Å². The van der Waals surface area contributed by atoms with Crippen LogP contribution in [0.15, 0.2) is 95.1 Å². The number of hydrogen-bond acceptors (Lipinski definition) is 3. The van der Waals surface area contributed by atoms with Crippen LogP contribution in [0.5, 0.6) is 0 Å². The minimum absolute atomic E-state index is 0.0133. The summed E-state index contributed by atoms with van der Waals surface area (Å²) in [5.41, 5.74) is 2.23. The molecule has 0 aliphatic carbocycles. The predicted molar refractivity (Wildman–Crippen MR) is 134 cm³/mol. The van der Waals surface area contributed by atoms with Crippen molar-refractivity contribution in [2.24, 2.45) is 0 Å². The van der Waals surface area contributed by atoms with Crippen LogP contribution in [0.4, 0.5) is 5.69 Å². The van der Waals surface area contributed by atoms with E-state index in [0.717, 1.165) is 20.9 Å². The minimum atomic E-state index is -0.516. The largest absolute Gasteiger partial charge is 0.317 e. The Labute approximate surface area is 198 Å². The Hall–Kier alpha value is -3.55. The lowest BCUT2D eigenvalue weighted by Crippen LogP contribution is -2.54. The second-order valence-electron chi connectivity index (χ2n) is 7.27. The molecule has 0 atom stereocenters. The number of fused-ring (bicyclic) bond motifs is 1. The number of nitrogens with one attached hydrogen (secondary N) is 1. The monoisotopic (exact) mass is 501 g/mol. The molecule has 2 amide bonds. The number of carbonyl (C=O) groups excluding carboxylic acids is 2. The van der Waals surface area contributed by atoms with Crippen LogP contribution >= 0.6 is 28.1 Å². The van der Waals surface area contributed by atoms with Crippen molar-refractivity contribution in [3.63, 3.8) is 0 Å². The molecule has 1 aromatic heterocycles. The van der Waals surface area contributed by atoms with Crippen molar-refractivity contribution in [2.45, 2.75) is 0 Å². The molecule has 5 rings (SSSR count). The summed E-state index contributed by atoms with van der Waals surface area (Å²) in [4.78, 5) is 27.3. The highest BCUT2D eigenvalue weighted by Crippen LogP contribution is 2.26. The average Bonchev–Trinajstić information content (AvgIpc) is 3.24. The number of halogens is 1. The predicted octanol–water partition coefficient (Wildman–Crippen LogP) is 5.22. The summed E-state index contributed by atoms with van der Waals surface area (Å²) in [6, 6.07) is 25.2. The topological polar surface area (TPSA) is 54.3 Å². The van der Waals surface area contributed by atoms with E-state index in [9.17, 15) is 9.59 Å². The first-order chi connectivity index (χ1) is 15.5. The van der Waals surface area contributed by atoms with Crippen LogP contribution in [-0.2, 0) is 9.59 Å². The first kappa shape index (κ1) is 20.4. The summed E-state index contributed by atoms with van der Waals surface area (Å²) < 4.78 is 2.74. The molecule has 5 nitrogen and oxygen atoms in total. The molecule has 1 N–H and O–H groups in total. The molecule has 0 saturated carbocycles. The summed E-state index contributed by atoms with van der Waals surface area (Å²) >= 11 is 8.69. The lowest BCUT2D eigenvalue weighted by atomic mass is 10.1. The lowest BCUT2D eigenvalue weighted by molar-refractivity contribution is -0.122. The van der Waals surface area contributed by atoms with Gasteiger partial charge in [-0.25, -0.2) is 0 Å². The van der Waals surface area contributed by atoms with E-state index in [4.69, 9.17) is 12.2 Å². The fraction of sp³-hybridized carbons (Fsp3) is 0. The summed E-state index contributed by atoms with van der Waals surface area (Å²) in [7, 11) is 0. The lowest BCUT2D eigenvalue weighted by Gasteiger charge is -2.29. The second kappa shape index (κ2) is 8.18. The number of aromatic nitrogens is 1. The van der Waals surface area contributed by atoms with Gasteiger partial charge in [0.2, 0.25) is 0 Å². The van der Waals surface area contributed by atoms with Gasteiger partial charge in [0.05, 0.1) is 5.69 Å². The molecule has 7 heteroatoms. The smallest absolute Gasteiger partial charge is 0.270 e. The molecule has 1 aliphatic rings. The zero-order chi connectivity index (χ0) is 22.2. The molecule has 4 aromatic rings. The third-order valence-corrected chi connectivity index (χ3v) is 6.03. The Morgan fingerprint density at radius 3 is 2.47 bits per heavy atom. The fourth-order valence-corrected chi connectivity index (χ4v) is 4.40. The first-order valence-electron chi connectivity index (χ1n) is 9.85. The summed E-state index contributed by atoms with van der Waals surface area (Å²) in [5, 5.41) is 4.93. The fourth-order valence-electron chi connectivity index (χ4n) is 3.73. The number of thiocarbonyl (C=S) groups is 1. The SMILES string of the molecule is O=C1NC(=S)N(c2cccc(Br)c2)C(=O)/C1=C/c1cccn1-c1ccc2ccccc2c1. The molecular weight excluding hydrogens is 486 g/mol. The Morgan fingerprint density at radius 2 is 1.66 bits per heavy atom. The van der Waals surface area contributed by atoms with Crippen LogP contribution in [0.2, 0.25) is 0 Å². The van der Waals surface area contributed by atoms with Gasteiger partial charge in [-0.1, -0.05) is 52.3 Å². The van der Waals surface area contributed by atoms with Crippen LogP contribution in [0.3, 0.4) is 0 Å². The van der Waals surface area contributed by atoms with Gasteiger partial charge < -0.3 is 4.57 Å². The van der Waals surface area contributed by atoms with Gasteiger partial charge in [-0.05, 0) is 71.5 Å². The van der Waals surface area contributed by atoms with Crippen molar-refractivity contribution in [2.75, 3.05) is 4.90 Å². The summed E-state index contributed by atoms with van der Waals surface area (Å²) in [6.07, 6.45) is 3.50. The van der Waals surface area contributed by atoms with Gasteiger partial charge >= 0.3 is 0 Å². The van der Waals surface area contributed by atoms with Gasteiger partial charge in [-0.3, -0.25) is 19.8 Å². The Morgan fingerprint density at radius 1 is 0.844 bits per heavy atom. The van der Waals surface area contributed by atoms with E-state index in [1.807, 2.05) is 53.2 Å². The van der Waals surface area contributed by atoms with Crippen molar-refractivity contribution >= 4 is 67.6 Å². The molecule has 0 unspecified atom stereocenters. The molecule has 32 heavy (non-hydrogen) atoms. The molecule has 1 fully saturated rings. The van der Waals surface area contributed by atoms with E-state index in [2.05, 4.69) is 39.4 Å². The van der Waals surface area contributed by atoms with Crippen LogP contribution in [-0.4, -0.2) is 21.5 Å². The first-order valence-corrected chi connectivity index (χ1v) is 11.0. The van der Waals surface area contributed by atoms with E-state index in [-0.39, 0.29) is 10.7 Å². The highest BCUT2D eigenvalue weighted by Gasteiger charge is 2.34. The Bertz CT molecular complexity index is 1440. The Kier molecular flexibility index (Phi) is 5.20. The summed E-state index contributed by atoms with van der Waals surface area (Å²) in [5.74, 6) is -0.986. The minimum Gasteiger partial charge on any atom is -0.317 e. The number of nitrogens with zero attached hydrogens (tertiary/aromatic N) is 2. The quantitative estimate of drug-likeness (QED) is 0.237. The molecule has 1 saturated heterocycles. The van der Waals surface area contributed by atoms with E-state index in [1.165, 1.54) is 4.90 Å². The summed E-state index contributed by atoms with van der Waals surface area (Å²) in [6.45, 7) is 0. The Balaban J connectivity index is 1.56. The van der Waals surface area contributed by atoms with E-state index in [1.54, 1.807) is 24.3 Å². The highest BCUT2D eigenvalue weighted by molar-refractivity contribution is 9.10. The molecule has 3 aromatic carbocycles. The van der Waals surface area contributed by atoms with Crippen LogP contribution in [0, 0.1) is 0 Å². The second-order valence-corrected chi connectivity index (χ2v) is 8.57. The standard InChI is InChI=1S/C25H16BrN3O2S/c26-18-7-3-8-21(14-18)29-24(31)22(23(30)27-25(29)32)15-19-9-4-12-28(19)20-11-10-16-5-1-2-6-17(16)13-20/h1-15H,(H,27,30,32)/b22-15+. The van der Waals surface area contributed by atoms with E-state index < -0.39 is 11.8 Å². The van der Waals surface area contributed by atoms with Crippen molar-refractivity contribution in [3.05, 3.63) is 101 Å². The van der Waals surface area contributed by atoms with Crippen LogP contribution in [0.1, 0.15) is 5.69 Å². The highest BCUT2D eigenvalue weighted by atomic mass is 79.9. The van der Waals surface area contributed by atoms with Crippen molar-refractivity contribution < 1.29 is 9.59 Å². The maximum absolute atomic E-state index is 13.3. The molecular formula is C25H16BrN3O2S. The van der Waals surface area contributed by atoms with Gasteiger partial charge in [0.15, 0.2) is 5.11 Å². The number of hydrogen-bond donors (Lipinski definition) is 1. The van der Waals surface area contributed by atoms with Gasteiger partial charge in [0.25, 0.3) is 11.8 Å². The van der Waals surface area contributed by atoms with Gasteiger partial charge in [-0.2, -0.15) is 0 Å². The molecule has 0 bridgehead atoms. The number of benzene rings is 3. The molecule has 2 heterocycles. The number of amides is 2. The zero-order valence-corrected chi connectivity index (χ0v) is 19.1. The number of rotatable bonds is 3. The molecule has 156 valence electrons. The molecule has 0 spiro atoms. The average molecular weight is 502 g/mol. The van der Waals surface area contributed by atoms with Crippen molar-refractivity contribution in [1.29, 1.82) is 0 Å². The number of carbonyl (C=O) groups is 2.